The second-order valence-electron chi connectivity index (χ2n) is 6.91. The van der Waals surface area contributed by atoms with Crippen molar-refractivity contribution in [2.45, 2.75) is 32.1 Å². The summed E-state index contributed by atoms with van der Waals surface area (Å²) >= 11 is 1.68. The summed E-state index contributed by atoms with van der Waals surface area (Å²) in [6.07, 6.45) is 0. The van der Waals surface area contributed by atoms with Crippen molar-refractivity contribution in [3.63, 3.8) is 0 Å². The fraction of sp³-hybridized carbons (Fsp3) is 0.263. The lowest BCUT2D eigenvalue weighted by Gasteiger charge is -2.18. The molecule has 2 aromatic carbocycles. The predicted molar refractivity (Wildman–Crippen MR) is 103 cm³/mol. The number of amides is 2. The third-order valence-electron chi connectivity index (χ3n) is 3.66. The Balaban J connectivity index is 1.60. The van der Waals surface area contributed by atoms with Crippen molar-refractivity contribution in [3.8, 4) is 0 Å². The van der Waals surface area contributed by atoms with E-state index in [0.717, 1.165) is 16.9 Å². The number of imide groups is 1. The summed E-state index contributed by atoms with van der Waals surface area (Å²) in [7, 11) is 0. The molecule has 0 atom stereocenters. The molecule has 0 aromatic heterocycles. The normalized spacial score (nSPS) is 13.4. The van der Waals surface area contributed by atoms with Gasteiger partial charge in [-0.2, -0.15) is 0 Å². The molecule has 130 valence electrons. The van der Waals surface area contributed by atoms with Crippen LogP contribution in [0.3, 0.4) is 0 Å². The SMILES string of the molecule is CC(C)(C)SNc1ccc(CNc2ccc3c(c2)C(=O)NC3=O)cc1. The van der Waals surface area contributed by atoms with Crippen LogP contribution in [0.2, 0.25) is 0 Å². The number of rotatable bonds is 5. The van der Waals surface area contributed by atoms with E-state index in [4.69, 9.17) is 0 Å². The van der Waals surface area contributed by atoms with Crippen molar-refractivity contribution >= 4 is 35.1 Å². The molecule has 0 radical (unpaired) electrons. The average Bonchev–Trinajstić information content (AvgIpc) is 2.85. The first kappa shape index (κ1) is 17.4. The Morgan fingerprint density at radius 2 is 1.56 bits per heavy atom. The number of anilines is 2. The van der Waals surface area contributed by atoms with Crippen LogP contribution in [0.4, 0.5) is 11.4 Å². The summed E-state index contributed by atoms with van der Waals surface area (Å²) in [6.45, 7) is 7.12. The van der Waals surface area contributed by atoms with Crippen LogP contribution in [0.25, 0.3) is 0 Å². The molecule has 1 aliphatic heterocycles. The topological polar surface area (TPSA) is 70.2 Å². The molecule has 0 unspecified atom stereocenters. The number of fused-ring (bicyclic) bond motifs is 1. The van der Waals surface area contributed by atoms with Gasteiger partial charge >= 0.3 is 0 Å². The molecule has 6 heteroatoms. The van der Waals surface area contributed by atoms with E-state index in [1.807, 2.05) is 18.2 Å². The average molecular weight is 355 g/mol. The van der Waals surface area contributed by atoms with Crippen LogP contribution < -0.4 is 15.4 Å². The fourth-order valence-corrected chi connectivity index (χ4v) is 2.94. The van der Waals surface area contributed by atoms with Gasteiger partial charge in [-0.1, -0.05) is 12.1 Å². The number of nitrogens with one attached hydrogen (secondary N) is 3. The van der Waals surface area contributed by atoms with E-state index in [2.05, 4.69) is 48.3 Å². The van der Waals surface area contributed by atoms with Gasteiger partial charge in [0, 0.05) is 22.7 Å². The molecule has 0 saturated heterocycles. The second-order valence-corrected chi connectivity index (χ2v) is 8.54. The maximum absolute atomic E-state index is 11.7. The van der Waals surface area contributed by atoms with Gasteiger partial charge in [-0.3, -0.25) is 14.9 Å². The highest BCUT2D eigenvalue weighted by Gasteiger charge is 2.26. The summed E-state index contributed by atoms with van der Waals surface area (Å²) in [5.74, 6) is -0.668. The molecule has 0 fully saturated rings. The molecule has 25 heavy (non-hydrogen) atoms. The lowest BCUT2D eigenvalue weighted by atomic mass is 10.1. The summed E-state index contributed by atoms with van der Waals surface area (Å²) in [4.78, 5) is 23.3. The van der Waals surface area contributed by atoms with Crippen molar-refractivity contribution in [2.75, 3.05) is 10.0 Å². The minimum Gasteiger partial charge on any atom is -0.381 e. The van der Waals surface area contributed by atoms with Gasteiger partial charge in [0.05, 0.1) is 11.1 Å². The van der Waals surface area contributed by atoms with Gasteiger partial charge in [0.2, 0.25) is 0 Å². The Hall–Kier alpha value is -2.47. The number of benzene rings is 2. The highest BCUT2D eigenvalue weighted by molar-refractivity contribution is 8.01. The van der Waals surface area contributed by atoms with Gasteiger partial charge in [-0.15, -0.1) is 0 Å². The number of carbonyl (C=O) groups is 2. The van der Waals surface area contributed by atoms with E-state index in [1.165, 1.54) is 0 Å². The first-order valence-corrected chi connectivity index (χ1v) is 8.90. The molecular weight excluding hydrogens is 334 g/mol. The number of hydrogen-bond donors (Lipinski definition) is 3. The number of hydrogen-bond acceptors (Lipinski definition) is 5. The third kappa shape index (κ3) is 4.33. The third-order valence-corrected chi connectivity index (χ3v) is 4.61. The van der Waals surface area contributed by atoms with Crippen LogP contribution in [0.1, 0.15) is 47.1 Å². The Morgan fingerprint density at radius 1 is 0.920 bits per heavy atom. The monoisotopic (exact) mass is 355 g/mol. The Bertz CT molecular complexity index is 810. The zero-order valence-electron chi connectivity index (χ0n) is 14.5. The van der Waals surface area contributed by atoms with Crippen molar-refractivity contribution in [3.05, 3.63) is 59.2 Å². The molecule has 0 spiro atoms. The molecule has 0 bridgehead atoms. The van der Waals surface area contributed by atoms with Gasteiger partial charge < -0.3 is 10.0 Å². The standard InChI is InChI=1S/C19H21N3O2S/c1-19(2,3)25-22-13-6-4-12(5-7-13)11-20-14-8-9-15-16(10-14)18(24)21-17(15)23/h4-10,20,22H,11H2,1-3H3,(H,21,23,24). The predicted octanol–water partition coefficient (Wildman–Crippen LogP) is 4.04. The van der Waals surface area contributed by atoms with Crippen molar-refractivity contribution < 1.29 is 9.59 Å². The Morgan fingerprint density at radius 3 is 2.24 bits per heavy atom. The molecule has 1 heterocycles. The van der Waals surface area contributed by atoms with Gasteiger partial charge in [0.15, 0.2) is 0 Å². The summed E-state index contributed by atoms with van der Waals surface area (Å²) < 4.78 is 3.50. The van der Waals surface area contributed by atoms with Crippen LogP contribution >= 0.6 is 11.9 Å². The van der Waals surface area contributed by atoms with Gasteiger partial charge in [-0.25, -0.2) is 0 Å². The van der Waals surface area contributed by atoms with E-state index in [0.29, 0.717) is 17.7 Å². The van der Waals surface area contributed by atoms with Crippen molar-refractivity contribution in [1.29, 1.82) is 0 Å². The van der Waals surface area contributed by atoms with Crippen LogP contribution in [0, 0.1) is 0 Å². The molecule has 2 amide bonds. The highest BCUT2D eigenvalue weighted by atomic mass is 32.2. The van der Waals surface area contributed by atoms with Crippen molar-refractivity contribution in [2.24, 2.45) is 0 Å². The van der Waals surface area contributed by atoms with Crippen LogP contribution in [-0.4, -0.2) is 16.6 Å². The highest BCUT2D eigenvalue weighted by Crippen LogP contribution is 2.25. The van der Waals surface area contributed by atoms with E-state index in [-0.39, 0.29) is 16.6 Å². The molecule has 0 saturated carbocycles. The molecular formula is C19H21N3O2S. The first-order chi connectivity index (χ1) is 11.8. The van der Waals surface area contributed by atoms with Crippen LogP contribution in [-0.2, 0) is 6.54 Å². The summed E-state index contributed by atoms with van der Waals surface area (Å²) in [5.41, 5.74) is 3.87. The molecule has 5 nitrogen and oxygen atoms in total. The van der Waals surface area contributed by atoms with Crippen LogP contribution in [0.5, 0.6) is 0 Å². The molecule has 0 aliphatic carbocycles. The quantitative estimate of drug-likeness (QED) is 0.558. The largest absolute Gasteiger partial charge is 0.381 e. The maximum Gasteiger partial charge on any atom is 0.259 e. The Kier molecular flexibility index (Phi) is 4.72. The first-order valence-electron chi connectivity index (χ1n) is 8.08. The van der Waals surface area contributed by atoms with E-state index in [9.17, 15) is 9.59 Å². The zero-order chi connectivity index (χ0) is 18.0. The summed E-state index contributed by atoms with van der Waals surface area (Å²) in [5, 5.41) is 5.58. The lowest BCUT2D eigenvalue weighted by molar-refractivity contribution is 0.0879. The fourth-order valence-electron chi connectivity index (χ4n) is 2.38. The van der Waals surface area contributed by atoms with Crippen LogP contribution in [0.15, 0.2) is 42.5 Å². The molecule has 3 N–H and O–H groups in total. The molecule has 2 aromatic rings. The summed E-state index contributed by atoms with van der Waals surface area (Å²) in [6, 6.07) is 13.4. The zero-order valence-corrected chi connectivity index (χ0v) is 15.3. The minimum absolute atomic E-state index is 0.154. The lowest BCUT2D eigenvalue weighted by Crippen LogP contribution is -2.19. The Labute approximate surface area is 151 Å². The van der Waals surface area contributed by atoms with Crippen molar-refractivity contribution in [1.82, 2.24) is 5.32 Å². The van der Waals surface area contributed by atoms with E-state index >= 15 is 0 Å². The van der Waals surface area contributed by atoms with Gasteiger partial charge in [0.25, 0.3) is 11.8 Å². The van der Waals surface area contributed by atoms with E-state index in [1.54, 1.807) is 24.1 Å². The second kappa shape index (κ2) is 6.80. The molecule has 3 rings (SSSR count). The van der Waals surface area contributed by atoms with Gasteiger partial charge in [-0.05, 0) is 68.6 Å². The molecule has 1 aliphatic rings. The maximum atomic E-state index is 11.7. The smallest absolute Gasteiger partial charge is 0.259 e. The number of carbonyl (C=O) groups excluding carboxylic acids is 2. The van der Waals surface area contributed by atoms with E-state index < -0.39 is 0 Å². The minimum atomic E-state index is -0.338. The van der Waals surface area contributed by atoms with Gasteiger partial charge in [0.1, 0.15) is 0 Å².